The van der Waals surface area contributed by atoms with Gasteiger partial charge in [-0.1, -0.05) is 28.1 Å². The zero-order valence-corrected chi connectivity index (χ0v) is 15.2. The van der Waals surface area contributed by atoms with E-state index in [1.165, 1.54) is 0 Å². The third kappa shape index (κ3) is 3.75. The van der Waals surface area contributed by atoms with E-state index in [-0.39, 0.29) is 5.97 Å². The summed E-state index contributed by atoms with van der Waals surface area (Å²) in [7, 11) is 0. The van der Waals surface area contributed by atoms with Crippen LogP contribution in [0.15, 0.2) is 40.9 Å². The average molecular weight is 377 g/mol. The Morgan fingerprint density at radius 3 is 2.52 bits per heavy atom. The van der Waals surface area contributed by atoms with Gasteiger partial charge in [-0.3, -0.25) is 0 Å². The monoisotopic (exact) mass is 376 g/mol. The van der Waals surface area contributed by atoms with Crippen molar-refractivity contribution >= 4 is 32.7 Å². The number of carbonyl (C=O) groups excluding carboxylic acids is 1. The summed E-state index contributed by atoms with van der Waals surface area (Å²) in [6.07, 6.45) is 2.21. The lowest BCUT2D eigenvalue weighted by molar-refractivity contribution is -0.665. The van der Waals surface area contributed by atoms with E-state index in [1.807, 2.05) is 50.2 Å². The van der Waals surface area contributed by atoms with Crippen molar-refractivity contribution in [3.63, 3.8) is 0 Å². The van der Waals surface area contributed by atoms with Gasteiger partial charge in [0.2, 0.25) is 0 Å². The minimum absolute atomic E-state index is 0.227. The maximum Gasteiger partial charge on any atom is 0.338 e. The van der Waals surface area contributed by atoms with E-state index in [2.05, 4.69) is 21.2 Å². The fourth-order valence-electron chi connectivity index (χ4n) is 3.35. The van der Waals surface area contributed by atoms with Gasteiger partial charge in [0.1, 0.15) is 5.60 Å². The first kappa shape index (κ1) is 16.5. The second kappa shape index (κ2) is 6.62. The number of piperidine rings is 1. The Labute approximate surface area is 145 Å². The molecule has 0 bridgehead atoms. The molecule has 23 heavy (non-hydrogen) atoms. The van der Waals surface area contributed by atoms with Crippen molar-refractivity contribution in [2.45, 2.75) is 32.3 Å². The molecule has 2 N–H and O–H groups in total. The number of fused-ring (bicyclic) bond motifs is 1. The van der Waals surface area contributed by atoms with Gasteiger partial charge in [-0.05, 0) is 48.9 Å². The second-order valence-corrected chi connectivity index (χ2v) is 7.76. The second-order valence-electron chi connectivity index (χ2n) is 6.84. The molecule has 2 aromatic carbocycles. The Hall–Kier alpha value is -1.39. The molecule has 0 atom stereocenters. The van der Waals surface area contributed by atoms with Gasteiger partial charge in [-0.25, -0.2) is 4.79 Å². The first-order valence-corrected chi connectivity index (χ1v) is 8.99. The van der Waals surface area contributed by atoms with E-state index in [0.29, 0.717) is 11.5 Å². The molecule has 0 amide bonds. The van der Waals surface area contributed by atoms with E-state index in [4.69, 9.17) is 4.74 Å². The summed E-state index contributed by atoms with van der Waals surface area (Å²) in [5.74, 6) is 0.210. The fourth-order valence-corrected chi connectivity index (χ4v) is 3.73. The third-order valence-electron chi connectivity index (χ3n) is 4.82. The van der Waals surface area contributed by atoms with Crippen LogP contribution in [0.2, 0.25) is 0 Å². The van der Waals surface area contributed by atoms with Crippen LogP contribution in [0.5, 0.6) is 0 Å². The van der Waals surface area contributed by atoms with Crippen molar-refractivity contribution in [2.24, 2.45) is 5.92 Å². The number of benzene rings is 2. The molecule has 0 spiro atoms. The standard InChI is InChI=1S/C19H22BrNO2/c1-19(2,16-7-9-21-10-8-16)23-18(22)15-4-3-14-12-17(20)6-5-13(14)11-15/h3-6,11-12,16,21H,7-10H2,1-2H3/p+1. The fraction of sp³-hybridized carbons (Fsp3) is 0.421. The molecule has 0 aliphatic carbocycles. The molecule has 0 radical (unpaired) electrons. The number of quaternary nitrogens is 1. The number of nitrogens with two attached hydrogens (primary N) is 1. The predicted molar refractivity (Wildman–Crippen MR) is 95.5 cm³/mol. The molecule has 122 valence electrons. The Bertz CT molecular complexity index is 720. The van der Waals surface area contributed by atoms with Gasteiger partial charge in [0.05, 0.1) is 18.7 Å². The molecule has 2 aromatic rings. The molecule has 0 aromatic heterocycles. The number of ether oxygens (including phenoxy) is 1. The molecule has 1 aliphatic rings. The Balaban J connectivity index is 1.78. The highest BCUT2D eigenvalue weighted by atomic mass is 79.9. The van der Waals surface area contributed by atoms with Crippen LogP contribution >= 0.6 is 15.9 Å². The summed E-state index contributed by atoms with van der Waals surface area (Å²) < 4.78 is 6.91. The lowest BCUT2D eigenvalue weighted by atomic mass is 9.83. The molecule has 0 saturated carbocycles. The van der Waals surface area contributed by atoms with E-state index in [0.717, 1.165) is 41.2 Å². The van der Waals surface area contributed by atoms with Crippen LogP contribution in [-0.4, -0.2) is 24.7 Å². The summed E-state index contributed by atoms with van der Waals surface area (Å²) in [4.78, 5) is 12.6. The predicted octanol–water partition coefficient (Wildman–Crippen LogP) is 3.51. The quantitative estimate of drug-likeness (QED) is 0.832. The largest absolute Gasteiger partial charge is 0.456 e. The molecular weight excluding hydrogens is 354 g/mol. The van der Waals surface area contributed by atoms with Crippen LogP contribution < -0.4 is 5.32 Å². The highest BCUT2D eigenvalue weighted by Gasteiger charge is 2.35. The highest BCUT2D eigenvalue weighted by Crippen LogP contribution is 2.29. The summed E-state index contributed by atoms with van der Waals surface area (Å²) in [5.41, 5.74) is 0.204. The summed E-state index contributed by atoms with van der Waals surface area (Å²) in [6, 6.07) is 11.8. The molecule has 1 fully saturated rings. The number of halogens is 1. The molecular formula is C19H23BrNO2+. The maximum atomic E-state index is 12.6. The maximum absolute atomic E-state index is 12.6. The van der Waals surface area contributed by atoms with E-state index in [9.17, 15) is 4.79 Å². The summed E-state index contributed by atoms with van der Waals surface area (Å²) in [5, 5.41) is 4.49. The van der Waals surface area contributed by atoms with Crippen molar-refractivity contribution in [1.29, 1.82) is 0 Å². The number of rotatable bonds is 3. The minimum Gasteiger partial charge on any atom is -0.456 e. The number of carbonyl (C=O) groups is 1. The molecule has 4 heteroatoms. The van der Waals surface area contributed by atoms with Gasteiger partial charge in [-0.2, -0.15) is 0 Å². The van der Waals surface area contributed by atoms with E-state index in [1.54, 1.807) is 0 Å². The van der Waals surface area contributed by atoms with Gasteiger partial charge >= 0.3 is 5.97 Å². The molecule has 3 rings (SSSR count). The molecule has 0 unspecified atom stereocenters. The van der Waals surface area contributed by atoms with Crippen LogP contribution in [0.3, 0.4) is 0 Å². The SMILES string of the molecule is CC(C)(OC(=O)c1ccc2cc(Br)ccc2c1)C1CC[NH2+]CC1. The first-order valence-electron chi connectivity index (χ1n) is 8.20. The van der Waals surface area contributed by atoms with E-state index < -0.39 is 5.60 Å². The average Bonchev–Trinajstić information content (AvgIpc) is 2.54. The molecule has 1 aliphatic heterocycles. The van der Waals surface area contributed by atoms with Crippen LogP contribution in [0, 0.1) is 5.92 Å². The van der Waals surface area contributed by atoms with Crippen molar-refractivity contribution < 1.29 is 14.8 Å². The van der Waals surface area contributed by atoms with Crippen molar-refractivity contribution in [3.8, 4) is 0 Å². The lowest BCUT2D eigenvalue weighted by Gasteiger charge is -2.35. The van der Waals surface area contributed by atoms with Crippen LogP contribution in [0.4, 0.5) is 0 Å². The zero-order valence-electron chi connectivity index (χ0n) is 13.6. The Kier molecular flexibility index (Phi) is 4.74. The minimum atomic E-state index is -0.417. The summed E-state index contributed by atoms with van der Waals surface area (Å²) >= 11 is 3.47. The van der Waals surface area contributed by atoms with Gasteiger partial charge in [0, 0.05) is 23.2 Å². The summed E-state index contributed by atoms with van der Waals surface area (Å²) in [6.45, 7) is 6.32. The Morgan fingerprint density at radius 2 is 1.78 bits per heavy atom. The smallest absolute Gasteiger partial charge is 0.338 e. The van der Waals surface area contributed by atoms with Crippen molar-refractivity contribution in [3.05, 3.63) is 46.4 Å². The van der Waals surface area contributed by atoms with Crippen molar-refractivity contribution in [2.75, 3.05) is 13.1 Å². The number of hydrogen-bond acceptors (Lipinski definition) is 2. The lowest BCUT2D eigenvalue weighted by Crippen LogP contribution is -2.86. The zero-order chi connectivity index (χ0) is 16.4. The van der Waals surface area contributed by atoms with Crippen LogP contribution in [0.25, 0.3) is 10.8 Å². The van der Waals surface area contributed by atoms with Gasteiger partial charge in [-0.15, -0.1) is 0 Å². The molecule has 3 nitrogen and oxygen atoms in total. The van der Waals surface area contributed by atoms with E-state index >= 15 is 0 Å². The van der Waals surface area contributed by atoms with Gasteiger partial charge in [0.25, 0.3) is 0 Å². The van der Waals surface area contributed by atoms with Gasteiger partial charge in [0.15, 0.2) is 0 Å². The topological polar surface area (TPSA) is 42.9 Å². The Morgan fingerprint density at radius 1 is 1.13 bits per heavy atom. The number of hydrogen-bond donors (Lipinski definition) is 1. The van der Waals surface area contributed by atoms with Crippen molar-refractivity contribution in [1.82, 2.24) is 0 Å². The molecule has 1 saturated heterocycles. The van der Waals surface area contributed by atoms with Gasteiger partial charge < -0.3 is 10.1 Å². The number of esters is 1. The van der Waals surface area contributed by atoms with Crippen LogP contribution in [0.1, 0.15) is 37.0 Å². The van der Waals surface area contributed by atoms with Crippen LogP contribution in [-0.2, 0) is 4.74 Å². The first-order chi connectivity index (χ1) is 11.0. The normalized spacial score (nSPS) is 16.5. The highest BCUT2D eigenvalue weighted by molar-refractivity contribution is 9.10. The third-order valence-corrected chi connectivity index (χ3v) is 5.31. The molecule has 1 heterocycles.